The summed E-state index contributed by atoms with van der Waals surface area (Å²) in [6, 6.07) is 0. The molecule has 3 nitrogen and oxygen atoms in total. The van der Waals surface area contributed by atoms with E-state index >= 15 is 0 Å². The molecule has 1 fully saturated rings. The molecule has 1 atom stereocenters. The molecule has 18 heavy (non-hydrogen) atoms. The first kappa shape index (κ1) is 13.6. The second kappa shape index (κ2) is 5.87. The molecule has 2 heterocycles. The number of ketones is 1. The lowest BCUT2D eigenvalue weighted by Gasteiger charge is -2.42. The van der Waals surface area contributed by atoms with Crippen LogP contribution in [0.1, 0.15) is 52.4 Å². The number of hydrogen-bond acceptors (Lipinski definition) is 3. The van der Waals surface area contributed by atoms with Gasteiger partial charge in [0.05, 0.1) is 18.4 Å². The molecule has 0 aromatic rings. The lowest BCUT2D eigenvalue weighted by molar-refractivity contribution is -0.128. The predicted molar refractivity (Wildman–Crippen MR) is 72.4 cm³/mol. The van der Waals surface area contributed by atoms with Gasteiger partial charge >= 0.3 is 0 Å². The minimum atomic E-state index is -0.326. The summed E-state index contributed by atoms with van der Waals surface area (Å²) in [7, 11) is 0. The van der Waals surface area contributed by atoms with Gasteiger partial charge in [0.25, 0.3) is 0 Å². The molecule has 1 saturated heterocycles. The van der Waals surface area contributed by atoms with Gasteiger partial charge in [-0.1, -0.05) is 13.3 Å². The van der Waals surface area contributed by atoms with Gasteiger partial charge in [-0.25, -0.2) is 0 Å². The first-order valence-corrected chi connectivity index (χ1v) is 7.29. The fourth-order valence-corrected chi connectivity index (χ4v) is 2.99. The van der Waals surface area contributed by atoms with E-state index < -0.39 is 0 Å². The molecule has 0 aliphatic carbocycles. The van der Waals surface area contributed by atoms with Gasteiger partial charge in [0.1, 0.15) is 0 Å². The highest BCUT2D eigenvalue weighted by atomic mass is 16.5. The minimum Gasteiger partial charge on any atom is -0.501 e. The highest BCUT2D eigenvalue weighted by Gasteiger charge is 2.39. The summed E-state index contributed by atoms with van der Waals surface area (Å²) in [6.45, 7) is 7.10. The monoisotopic (exact) mass is 251 g/mol. The summed E-state index contributed by atoms with van der Waals surface area (Å²) in [5.41, 5.74) is 0.559. The van der Waals surface area contributed by atoms with Gasteiger partial charge in [-0.15, -0.1) is 0 Å². The Morgan fingerprint density at radius 1 is 1.33 bits per heavy atom. The van der Waals surface area contributed by atoms with Crippen LogP contribution in [0.2, 0.25) is 0 Å². The molecule has 102 valence electrons. The van der Waals surface area contributed by atoms with Gasteiger partial charge < -0.3 is 4.74 Å². The van der Waals surface area contributed by atoms with Crippen molar-refractivity contribution >= 4 is 5.78 Å². The first-order valence-electron chi connectivity index (χ1n) is 7.29. The van der Waals surface area contributed by atoms with Gasteiger partial charge in [-0.2, -0.15) is 0 Å². The molecule has 2 aliphatic heterocycles. The minimum absolute atomic E-state index is 0.284. The zero-order chi connectivity index (χ0) is 13.0. The van der Waals surface area contributed by atoms with Crippen molar-refractivity contribution in [3.8, 4) is 0 Å². The Bertz CT molecular complexity index is 331. The smallest absolute Gasteiger partial charge is 0.181 e. The number of carbonyl (C=O) groups excluding carboxylic acids is 1. The van der Waals surface area contributed by atoms with Crippen LogP contribution in [-0.2, 0) is 9.53 Å². The van der Waals surface area contributed by atoms with Crippen molar-refractivity contribution in [1.29, 1.82) is 0 Å². The maximum absolute atomic E-state index is 12.8. The van der Waals surface area contributed by atoms with E-state index in [1.165, 1.54) is 19.3 Å². The fraction of sp³-hybridized carbons (Fsp3) is 0.800. The average molecular weight is 251 g/mol. The molecule has 0 bridgehead atoms. The summed E-state index contributed by atoms with van der Waals surface area (Å²) in [6.07, 6.45) is 8.17. The van der Waals surface area contributed by atoms with E-state index in [1.807, 2.05) is 0 Å². The fourth-order valence-electron chi connectivity index (χ4n) is 2.99. The number of Topliss-reactive ketones (excluding diaryl/α,β-unsaturated/α-hetero) is 1. The lowest BCUT2D eigenvalue weighted by Crippen LogP contribution is -2.54. The second-order valence-corrected chi connectivity index (χ2v) is 5.62. The number of hydrogen-bond donors (Lipinski definition) is 0. The molecule has 1 unspecified atom stereocenters. The van der Waals surface area contributed by atoms with E-state index in [9.17, 15) is 4.79 Å². The zero-order valence-corrected chi connectivity index (χ0v) is 11.7. The Morgan fingerprint density at radius 3 is 2.61 bits per heavy atom. The summed E-state index contributed by atoms with van der Waals surface area (Å²) < 4.78 is 5.33. The van der Waals surface area contributed by atoms with E-state index in [2.05, 4.69) is 18.7 Å². The van der Waals surface area contributed by atoms with Crippen molar-refractivity contribution in [1.82, 2.24) is 4.90 Å². The molecule has 0 saturated carbocycles. The van der Waals surface area contributed by atoms with Gasteiger partial charge in [0.15, 0.2) is 5.78 Å². The summed E-state index contributed by atoms with van der Waals surface area (Å²) in [5.74, 6) is 0.284. The molecule has 0 N–H and O–H groups in total. The van der Waals surface area contributed by atoms with Crippen LogP contribution in [0.15, 0.2) is 11.8 Å². The number of carbonyl (C=O) groups is 1. The Labute approximate surface area is 110 Å². The normalized spacial score (nSPS) is 24.9. The van der Waals surface area contributed by atoms with Crippen LogP contribution in [0, 0.1) is 0 Å². The van der Waals surface area contributed by atoms with Crippen LogP contribution < -0.4 is 0 Å². The van der Waals surface area contributed by atoms with Crippen molar-refractivity contribution in [3.63, 3.8) is 0 Å². The zero-order valence-electron chi connectivity index (χ0n) is 11.7. The summed E-state index contributed by atoms with van der Waals surface area (Å²) >= 11 is 0. The molecule has 0 aromatic carbocycles. The van der Waals surface area contributed by atoms with Gasteiger partial charge in [-0.05, 0) is 52.1 Å². The van der Waals surface area contributed by atoms with Crippen molar-refractivity contribution in [2.45, 2.75) is 57.9 Å². The highest BCUT2D eigenvalue weighted by molar-refractivity contribution is 6.02. The third-order valence-corrected chi connectivity index (χ3v) is 4.46. The summed E-state index contributed by atoms with van der Waals surface area (Å²) in [4.78, 5) is 15.1. The Balaban J connectivity index is 2.14. The largest absolute Gasteiger partial charge is 0.501 e. The molecule has 0 amide bonds. The van der Waals surface area contributed by atoms with Crippen LogP contribution in [0.4, 0.5) is 0 Å². The van der Waals surface area contributed by atoms with Crippen LogP contribution in [-0.4, -0.2) is 35.9 Å². The molecule has 0 radical (unpaired) electrons. The molecule has 0 aromatic heterocycles. The number of rotatable bonds is 4. The molecule has 0 spiro atoms. The number of likely N-dealkylation sites (tertiary alicyclic amines) is 1. The summed E-state index contributed by atoms with van der Waals surface area (Å²) in [5, 5.41) is 0. The number of nitrogens with zero attached hydrogens (tertiary/aromatic N) is 1. The van der Waals surface area contributed by atoms with Crippen LogP contribution in [0.5, 0.6) is 0 Å². The third kappa shape index (κ3) is 2.61. The van der Waals surface area contributed by atoms with E-state index in [-0.39, 0.29) is 11.3 Å². The topological polar surface area (TPSA) is 29.5 Å². The quantitative estimate of drug-likeness (QED) is 0.769. The van der Waals surface area contributed by atoms with Crippen LogP contribution in [0.25, 0.3) is 0 Å². The van der Waals surface area contributed by atoms with Crippen LogP contribution in [0.3, 0.4) is 0 Å². The predicted octanol–water partition coefficient (Wildman–Crippen LogP) is 2.90. The maximum Gasteiger partial charge on any atom is 0.181 e. The van der Waals surface area contributed by atoms with Gasteiger partial charge in [0.2, 0.25) is 0 Å². The van der Waals surface area contributed by atoms with Gasteiger partial charge in [0, 0.05) is 5.57 Å². The SMILES string of the molecule is CCC(C)(C(=O)C1=COCCC1)N1CCCCC1. The molecule has 3 heteroatoms. The highest BCUT2D eigenvalue weighted by Crippen LogP contribution is 2.29. The molecule has 2 aliphatic rings. The molecular formula is C15H25NO2. The number of piperidine rings is 1. The van der Waals surface area contributed by atoms with Crippen LogP contribution >= 0.6 is 0 Å². The first-order chi connectivity index (χ1) is 8.68. The Hall–Kier alpha value is -0.830. The van der Waals surface area contributed by atoms with E-state index in [4.69, 9.17) is 4.74 Å². The van der Waals surface area contributed by atoms with Gasteiger partial charge in [-0.3, -0.25) is 9.69 Å². The number of ether oxygens (including phenoxy) is 1. The van der Waals surface area contributed by atoms with Crippen molar-refractivity contribution in [3.05, 3.63) is 11.8 Å². The van der Waals surface area contributed by atoms with Crippen molar-refractivity contribution in [2.75, 3.05) is 19.7 Å². The van der Waals surface area contributed by atoms with Crippen molar-refractivity contribution < 1.29 is 9.53 Å². The third-order valence-electron chi connectivity index (χ3n) is 4.46. The second-order valence-electron chi connectivity index (χ2n) is 5.62. The van der Waals surface area contributed by atoms with Crippen molar-refractivity contribution in [2.24, 2.45) is 0 Å². The standard InChI is InChI=1S/C15H25NO2/c1-3-15(2,16-9-5-4-6-10-16)14(17)13-8-7-11-18-12-13/h12H,3-11H2,1-2H3. The van der Waals surface area contributed by atoms with E-state index in [1.54, 1.807) is 6.26 Å². The Kier molecular flexibility index (Phi) is 4.44. The maximum atomic E-state index is 12.8. The molecular weight excluding hydrogens is 226 g/mol. The Morgan fingerprint density at radius 2 is 2.06 bits per heavy atom. The van der Waals surface area contributed by atoms with E-state index in [0.717, 1.165) is 44.5 Å². The van der Waals surface area contributed by atoms with E-state index in [0.29, 0.717) is 0 Å². The molecule has 2 rings (SSSR count). The average Bonchev–Trinajstić information content (AvgIpc) is 2.47. The lowest BCUT2D eigenvalue weighted by atomic mass is 9.84.